The molecule has 3 amide bonds. The van der Waals surface area contributed by atoms with Crippen molar-refractivity contribution in [3.63, 3.8) is 0 Å². The number of amides is 3. The van der Waals surface area contributed by atoms with Crippen LogP contribution in [-0.2, 0) is 14.4 Å². The van der Waals surface area contributed by atoms with E-state index in [1.54, 1.807) is 36.4 Å². The summed E-state index contributed by atoms with van der Waals surface area (Å²) in [6.07, 6.45) is 0. The molecule has 1 saturated heterocycles. The number of carbonyl (C=O) groups is 3. The summed E-state index contributed by atoms with van der Waals surface area (Å²) >= 11 is 0. The molecule has 0 bridgehead atoms. The Hall–Kier alpha value is -3.55. The maximum absolute atomic E-state index is 12.8. The van der Waals surface area contributed by atoms with Gasteiger partial charge in [0.2, 0.25) is 5.91 Å². The zero-order valence-electron chi connectivity index (χ0n) is 14.6. The first kappa shape index (κ1) is 16.9. The molecule has 1 fully saturated rings. The number of benzene rings is 2. The molecule has 2 aromatic rings. The predicted molar refractivity (Wildman–Crippen MR) is 97.9 cm³/mol. The molecule has 0 saturated carbocycles. The Labute approximate surface area is 155 Å². The summed E-state index contributed by atoms with van der Waals surface area (Å²) < 4.78 is 0. The van der Waals surface area contributed by atoms with E-state index in [1.165, 1.54) is 5.01 Å². The van der Waals surface area contributed by atoms with Crippen molar-refractivity contribution in [1.82, 2.24) is 5.01 Å². The molecule has 2 atom stereocenters. The highest BCUT2D eigenvalue weighted by Crippen LogP contribution is 2.31. The smallest absolute Gasteiger partial charge is 0.263 e. The minimum Gasteiger partial charge on any atom is -0.324 e. The van der Waals surface area contributed by atoms with Crippen molar-refractivity contribution in [1.29, 1.82) is 0 Å². The van der Waals surface area contributed by atoms with Crippen LogP contribution in [0.15, 0.2) is 64.9 Å². The van der Waals surface area contributed by atoms with Crippen LogP contribution in [0.3, 0.4) is 0 Å². The molecule has 0 radical (unpaired) electrons. The van der Waals surface area contributed by atoms with Crippen LogP contribution in [0, 0.1) is 6.92 Å². The number of anilines is 2. The van der Waals surface area contributed by atoms with Gasteiger partial charge < -0.3 is 5.32 Å². The van der Waals surface area contributed by atoms with Gasteiger partial charge >= 0.3 is 0 Å². The lowest BCUT2D eigenvalue weighted by Gasteiger charge is -2.20. The van der Waals surface area contributed by atoms with Crippen LogP contribution in [0.1, 0.15) is 5.56 Å². The predicted octanol–water partition coefficient (Wildman–Crippen LogP) is 1.93. The summed E-state index contributed by atoms with van der Waals surface area (Å²) in [6.45, 7) is 1.72. The number of nitrogens with one attached hydrogen (secondary N) is 1. The molecular formula is C19H17N5O3. The third-order valence-corrected chi connectivity index (χ3v) is 4.60. The van der Waals surface area contributed by atoms with E-state index >= 15 is 0 Å². The molecule has 8 heteroatoms. The minimum absolute atomic E-state index is 0.166. The largest absolute Gasteiger partial charge is 0.324 e. The van der Waals surface area contributed by atoms with Crippen molar-refractivity contribution in [3.8, 4) is 0 Å². The van der Waals surface area contributed by atoms with Crippen LogP contribution in [0.4, 0.5) is 11.4 Å². The van der Waals surface area contributed by atoms with Gasteiger partial charge in [0.1, 0.15) is 6.54 Å². The van der Waals surface area contributed by atoms with E-state index in [0.29, 0.717) is 11.4 Å². The van der Waals surface area contributed by atoms with Crippen LogP contribution in [0.2, 0.25) is 0 Å². The van der Waals surface area contributed by atoms with Gasteiger partial charge in [0.25, 0.3) is 11.8 Å². The van der Waals surface area contributed by atoms with Crippen LogP contribution in [0.25, 0.3) is 0 Å². The number of nitrogens with zero attached hydrogens (tertiary/aromatic N) is 4. The van der Waals surface area contributed by atoms with Crippen LogP contribution in [0.5, 0.6) is 0 Å². The van der Waals surface area contributed by atoms with Crippen molar-refractivity contribution >= 4 is 29.1 Å². The maximum atomic E-state index is 12.8. The molecule has 0 spiro atoms. The first-order valence-corrected chi connectivity index (χ1v) is 8.52. The fraction of sp³-hybridized carbons (Fsp3) is 0.211. The molecule has 2 aromatic carbocycles. The van der Waals surface area contributed by atoms with Crippen molar-refractivity contribution in [3.05, 3.63) is 60.2 Å². The normalized spacial score (nSPS) is 20.9. The van der Waals surface area contributed by atoms with Gasteiger partial charge in [-0.3, -0.25) is 19.4 Å². The number of imide groups is 1. The first-order chi connectivity index (χ1) is 13.1. The Morgan fingerprint density at radius 1 is 1.04 bits per heavy atom. The quantitative estimate of drug-likeness (QED) is 0.840. The number of fused-ring (bicyclic) bond motifs is 1. The van der Waals surface area contributed by atoms with Crippen LogP contribution >= 0.6 is 0 Å². The van der Waals surface area contributed by atoms with Crippen molar-refractivity contribution < 1.29 is 14.4 Å². The Bertz CT molecular complexity index is 943. The van der Waals surface area contributed by atoms with Gasteiger partial charge in [-0.25, -0.2) is 4.90 Å². The summed E-state index contributed by atoms with van der Waals surface area (Å²) in [4.78, 5) is 38.9. The van der Waals surface area contributed by atoms with E-state index < -0.39 is 23.9 Å². The minimum atomic E-state index is -0.913. The van der Waals surface area contributed by atoms with Crippen LogP contribution < -0.4 is 10.2 Å². The van der Waals surface area contributed by atoms with Gasteiger partial charge in [0.15, 0.2) is 12.1 Å². The summed E-state index contributed by atoms with van der Waals surface area (Å²) in [5, 5.41) is 11.9. The van der Waals surface area contributed by atoms with Gasteiger partial charge in [-0.2, -0.15) is 5.11 Å². The molecule has 0 aliphatic carbocycles. The lowest BCUT2D eigenvalue weighted by Crippen LogP contribution is -2.43. The van der Waals surface area contributed by atoms with E-state index in [9.17, 15) is 14.4 Å². The van der Waals surface area contributed by atoms with Crippen molar-refractivity contribution in [2.45, 2.75) is 19.0 Å². The maximum Gasteiger partial charge on any atom is 0.263 e. The van der Waals surface area contributed by atoms with E-state index in [1.807, 2.05) is 25.1 Å². The van der Waals surface area contributed by atoms with E-state index in [2.05, 4.69) is 15.7 Å². The highest BCUT2D eigenvalue weighted by atomic mass is 16.2. The fourth-order valence-electron chi connectivity index (χ4n) is 3.24. The molecule has 0 aromatic heterocycles. The first-order valence-electron chi connectivity index (χ1n) is 8.52. The Kier molecular flexibility index (Phi) is 4.15. The third kappa shape index (κ3) is 2.95. The number of aryl methyl sites for hydroxylation is 1. The summed E-state index contributed by atoms with van der Waals surface area (Å²) in [5.41, 5.74) is 2.10. The molecule has 8 nitrogen and oxygen atoms in total. The third-order valence-electron chi connectivity index (χ3n) is 4.60. The fourth-order valence-corrected chi connectivity index (χ4v) is 3.24. The standard InChI is InChI=1S/C19H17N5O3/c1-12-7-5-6-10-14(12)20-15(25)11-23-17-16(21-22-23)18(26)24(19(17)27)13-8-3-2-4-9-13/h2-10,16-17H,11H2,1H3,(H,20,25)/t16-,17-/m1/s1. The second-order valence-electron chi connectivity index (χ2n) is 6.40. The zero-order valence-corrected chi connectivity index (χ0v) is 14.6. The van der Waals surface area contributed by atoms with Gasteiger partial charge in [0.05, 0.1) is 5.69 Å². The lowest BCUT2D eigenvalue weighted by molar-refractivity contribution is -0.123. The highest BCUT2D eigenvalue weighted by Gasteiger charge is 2.55. The summed E-state index contributed by atoms with van der Waals surface area (Å²) in [5.74, 6) is -1.19. The number of hydrogen-bond acceptors (Lipinski definition) is 6. The number of hydrogen-bond donors (Lipinski definition) is 1. The van der Waals surface area contributed by atoms with E-state index in [0.717, 1.165) is 10.5 Å². The number of para-hydroxylation sites is 2. The summed E-state index contributed by atoms with van der Waals surface area (Å²) in [7, 11) is 0. The summed E-state index contributed by atoms with van der Waals surface area (Å²) in [6, 6.07) is 14.3. The molecule has 2 aliphatic heterocycles. The Morgan fingerprint density at radius 2 is 1.74 bits per heavy atom. The molecule has 2 aliphatic rings. The number of rotatable bonds is 4. The zero-order chi connectivity index (χ0) is 19.0. The molecule has 2 heterocycles. The SMILES string of the molecule is Cc1ccccc1NC(=O)CN1N=N[C@H]2C(=O)N(c3ccccc3)C(=O)[C@@H]21. The van der Waals surface area contributed by atoms with E-state index in [-0.39, 0.29) is 12.5 Å². The Morgan fingerprint density at radius 3 is 2.48 bits per heavy atom. The lowest BCUT2D eigenvalue weighted by atomic mass is 10.1. The average molecular weight is 363 g/mol. The highest BCUT2D eigenvalue weighted by molar-refractivity contribution is 6.25. The second-order valence-corrected chi connectivity index (χ2v) is 6.40. The molecule has 27 heavy (non-hydrogen) atoms. The van der Waals surface area contributed by atoms with Gasteiger partial charge in [0, 0.05) is 5.69 Å². The molecule has 1 N–H and O–H groups in total. The van der Waals surface area contributed by atoms with Crippen molar-refractivity contribution in [2.24, 2.45) is 10.3 Å². The number of carbonyl (C=O) groups excluding carboxylic acids is 3. The molecular weight excluding hydrogens is 346 g/mol. The topological polar surface area (TPSA) is 94.4 Å². The van der Waals surface area contributed by atoms with Gasteiger partial charge in [-0.15, -0.1) is 0 Å². The Balaban J connectivity index is 1.49. The molecule has 136 valence electrons. The van der Waals surface area contributed by atoms with E-state index in [4.69, 9.17) is 0 Å². The molecule has 0 unspecified atom stereocenters. The average Bonchev–Trinajstić information content (AvgIpc) is 3.18. The van der Waals surface area contributed by atoms with Crippen LogP contribution in [-0.4, -0.2) is 41.4 Å². The van der Waals surface area contributed by atoms with Gasteiger partial charge in [-0.1, -0.05) is 41.6 Å². The second kappa shape index (κ2) is 6.64. The van der Waals surface area contributed by atoms with Gasteiger partial charge in [-0.05, 0) is 30.7 Å². The monoisotopic (exact) mass is 363 g/mol. The molecule has 4 rings (SSSR count). The van der Waals surface area contributed by atoms with Crippen molar-refractivity contribution in [2.75, 3.05) is 16.8 Å².